The summed E-state index contributed by atoms with van der Waals surface area (Å²) in [5.41, 5.74) is 1.57. The Labute approximate surface area is 196 Å². The molecule has 4 aromatic rings. The van der Waals surface area contributed by atoms with Crippen LogP contribution in [0.4, 0.5) is 0 Å². The molecule has 10 heteroatoms. The van der Waals surface area contributed by atoms with E-state index in [2.05, 4.69) is 15.3 Å². The number of fused-ring (bicyclic) bond motifs is 1. The van der Waals surface area contributed by atoms with E-state index in [1.807, 2.05) is 59.4 Å². The van der Waals surface area contributed by atoms with Crippen molar-refractivity contribution in [2.45, 2.75) is 13.5 Å². The molecule has 34 heavy (non-hydrogen) atoms. The number of hydrogen-bond acceptors (Lipinski definition) is 6. The number of para-hydroxylation sites is 1. The maximum Gasteiger partial charge on any atom is 0.280 e. The molecule has 5 rings (SSSR count). The Kier molecular flexibility index (Phi) is 6.24. The largest absolute Gasteiger partial charge is 0.379 e. The topological polar surface area (TPSA) is 99.2 Å². The third-order valence-electron chi connectivity index (χ3n) is 5.92. The predicted octanol–water partition coefficient (Wildman–Crippen LogP) is 1.13. The lowest BCUT2D eigenvalue weighted by Gasteiger charge is -2.26. The minimum absolute atomic E-state index is 0.152. The molecule has 4 heterocycles. The fraction of sp³-hybridized carbons (Fsp3) is 0.333. The zero-order valence-electron chi connectivity index (χ0n) is 19.1. The van der Waals surface area contributed by atoms with E-state index < -0.39 is 0 Å². The SMILES string of the molecule is Cc1nn(CC(=O)NCCN2CCOCC2)c(=O)c2c(-n3cccc3)n(-c3ccccc3)nc12. The van der Waals surface area contributed by atoms with Crippen LogP contribution >= 0.6 is 0 Å². The lowest BCUT2D eigenvalue weighted by molar-refractivity contribution is -0.122. The number of amides is 1. The first-order valence-electron chi connectivity index (χ1n) is 11.4. The molecular formula is C24H27N7O3. The molecule has 1 saturated heterocycles. The lowest BCUT2D eigenvalue weighted by Crippen LogP contribution is -2.42. The van der Waals surface area contributed by atoms with Crippen molar-refractivity contribution < 1.29 is 9.53 Å². The first kappa shape index (κ1) is 22.1. The number of rotatable bonds is 7. The summed E-state index contributed by atoms with van der Waals surface area (Å²) in [7, 11) is 0. The standard InChI is InChI=1S/C24H27N7O3/c1-18-22-21(23(29-10-5-6-11-29)31(27-22)19-7-3-2-4-8-19)24(33)30(26-18)17-20(32)25-9-12-28-13-15-34-16-14-28/h2-8,10-11H,9,12-17H2,1H3,(H,25,32). The monoisotopic (exact) mass is 461 g/mol. The van der Waals surface area contributed by atoms with E-state index in [1.165, 1.54) is 4.68 Å². The Hall–Kier alpha value is -3.76. The molecule has 0 saturated carbocycles. The van der Waals surface area contributed by atoms with Crippen LogP contribution in [0.25, 0.3) is 22.4 Å². The van der Waals surface area contributed by atoms with Gasteiger partial charge in [0.05, 0.1) is 24.6 Å². The molecule has 0 bridgehead atoms. The molecular weight excluding hydrogens is 434 g/mol. The van der Waals surface area contributed by atoms with Crippen LogP contribution in [0.2, 0.25) is 0 Å². The van der Waals surface area contributed by atoms with Gasteiger partial charge in [0.15, 0.2) is 5.82 Å². The fourth-order valence-corrected chi connectivity index (χ4v) is 4.20. The molecule has 0 unspecified atom stereocenters. The first-order valence-corrected chi connectivity index (χ1v) is 11.4. The van der Waals surface area contributed by atoms with Gasteiger partial charge in [0.2, 0.25) is 5.91 Å². The predicted molar refractivity (Wildman–Crippen MR) is 127 cm³/mol. The number of aromatic nitrogens is 5. The highest BCUT2D eigenvalue weighted by atomic mass is 16.5. The molecule has 176 valence electrons. The molecule has 0 radical (unpaired) electrons. The summed E-state index contributed by atoms with van der Waals surface area (Å²) in [5, 5.41) is 12.4. The second kappa shape index (κ2) is 9.62. The molecule has 1 amide bonds. The van der Waals surface area contributed by atoms with Gasteiger partial charge in [-0.2, -0.15) is 10.2 Å². The summed E-state index contributed by atoms with van der Waals surface area (Å²) in [4.78, 5) is 28.4. The molecule has 1 aromatic carbocycles. The van der Waals surface area contributed by atoms with Crippen molar-refractivity contribution in [2.75, 3.05) is 39.4 Å². The summed E-state index contributed by atoms with van der Waals surface area (Å²) < 4.78 is 10.2. The van der Waals surface area contributed by atoms with E-state index in [0.29, 0.717) is 42.2 Å². The van der Waals surface area contributed by atoms with Crippen molar-refractivity contribution in [1.29, 1.82) is 0 Å². The third kappa shape index (κ3) is 4.37. The minimum Gasteiger partial charge on any atom is -0.379 e. The van der Waals surface area contributed by atoms with Gasteiger partial charge in [-0.1, -0.05) is 18.2 Å². The highest BCUT2D eigenvalue weighted by Crippen LogP contribution is 2.24. The number of carbonyl (C=O) groups is 1. The van der Waals surface area contributed by atoms with Gasteiger partial charge in [0.25, 0.3) is 5.56 Å². The summed E-state index contributed by atoms with van der Waals surface area (Å²) in [6.45, 7) is 6.06. The van der Waals surface area contributed by atoms with Crippen molar-refractivity contribution in [1.82, 2.24) is 34.3 Å². The Morgan fingerprint density at radius 3 is 2.53 bits per heavy atom. The van der Waals surface area contributed by atoms with Gasteiger partial charge in [0.1, 0.15) is 17.4 Å². The van der Waals surface area contributed by atoms with Gasteiger partial charge in [-0.3, -0.25) is 14.5 Å². The van der Waals surface area contributed by atoms with Gasteiger partial charge in [-0.05, 0) is 31.2 Å². The normalized spacial score (nSPS) is 14.5. The van der Waals surface area contributed by atoms with Crippen LogP contribution in [0, 0.1) is 6.92 Å². The van der Waals surface area contributed by atoms with E-state index in [4.69, 9.17) is 9.84 Å². The van der Waals surface area contributed by atoms with Crippen molar-refractivity contribution in [3.8, 4) is 11.5 Å². The average Bonchev–Trinajstić information content (AvgIpc) is 3.52. The number of aryl methyl sites for hydroxylation is 1. The summed E-state index contributed by atoms with van der Waals surface area (Å²) in [5.74, 6) is 0.364. The number of nitrogens with one attached hydrogen (secondary N) is 1. The number of ether oxygens (including phenoxy) is 1. The Bertz CT molecular complexity index is 1340. The van der Waals surface area contributed by atoms with E-state index >= 15 is 0 Å². The van der Waals surface area contributed by atoms with Crippen LogP contribution in [0.15, 0.2) is 59.7 Å². The zero-order chi connectivity index (χ0) is 23.5. The second-order valence-electron chi connectivity index (χ2n) is 8.24. The van der Waals surface area contributed by atoms with Crippen molar-refractivity contribution >= 4 is 16.8 Å². The minimum atomic E-state index is -0.352. The quantitative estimate of drug-likeness (QED) is 0.443. The molecule has 3 aromatic heterocycles. The smallest absolute Gasteiger partial charge is 0.280 e. The van der Waals surface area contributed by atoms with Crippen molar-refractivity contribution in [2.24, 2.45) is 0 Å². The molecule has 0 spiro atoms. The molecule has 1 N–H and O–H groups in total. The molecule has 1 aliphatic rings. The number of carbonyl (C=O) groups excluding carboxylic acids is 1. The summed E-state index contributed by atoms with van der Waals surface area (Å²) in [6.07, 6.45) is 3.74. The van der Waals surface area contributed by atoms with Crippen LogP contribution < -0.4 is 10.9 Å². The van der Waals surface area contributed by atoms with Crippen LogP contribution in [0.3, 0.4) is 0 Å². The third-order valence-corrected chi connectivity index (χ3v) is 5.92. The van der Waals surface area contributed by atoms with Gasteiger partial charge >= 0.3 is 0 Å². The number of morpholine rings is 1. The Balaban J connectivity index is 1.46. The van der Waals surface area contributed by atoms with Crippen LogP contribution in [0.5, 0.6) is 0 Å². The molecule has 0 atom stereocenters. The number of benzene rings is 1. The van der Waals surface area contributed by atoms with Crippen molar-refractivity contribution in [3.05, 3.63) is 70.9 Å². The highest BCUT2D eigenvalue weighted by molar-refractivity contribution is 5.88. The molecule has 0 aliphatic carbocycles. The first-order chi connectivity index (χ1) is 16.6. The lowest BCUT2D eigenvalue weighted by atomic mass is 10.2. The van der Waals surface area contributed by atoms with E-state index in [9.17, 15) is 9.59 Å². The van der Waals surface area contributed by atoms with Gasteiger partial charge < -0.3 is 14.6 Å². The van der Waals surface area contributed by atoms with Crippen molar-refractivity contribution in [3.63, 3.8) is 0 Å². The maximum absolute atomic E-state index is 13.5. The van der Waals surface area contributed by atoms with Crippen LogP contribution in [-0.4, -0.2) is 74.3 Å². The number of hydrogen-bond donors (Lipinski definition) is 1. The van der Waals surface area contributed by atoms with E-state index in [-0.39, 0.29) is 18.0 Å². The van der Waals surface area contributed by atoms with E-state index in [1.54, 1.807) is 11.6 Å². The van der Waals surface area contributed by atoms with Crippen LogP contribution in [0.1, 0.15) is 5.69 Å². The number of nitrogens with zero attached hydrogens (tertiary/aromatic N) is 6. The second-order valence-corrected chi connectivity index (χ2v) is 8.24. The van der Waals surface area contributed by atoms with E-state index in [0.717, 1.165) is 25.3 Å². The molecule has 1 fully saturated rings. The van der Waals surface area contributed by atoms with Crippen LogP contribution in [-0.2, 0) is 16.1 Å². The molecule has 1 aliphatic heterocycles. The summed E-state index contributed by atoms with van der Waals surface area (Å²) >= 11 is 0. The van der Waals surface area contributed by atoms with Gasteiger partial charge in [-0.25, -0.2) is 9.36 Å². The van der Waals surface area contributed by atoms with Gasteiger partial charge in [0, 0.05) is 38.6 Å². The average molecular weight is 462 g/mol. The Morgan fingerprint density at radius 1 is 1.06 bits per heavy atom. The maximum atomic E-state index is 13.5. The summed E-state index contributed by atoms with van der Waals surface area (Å²) in [6, 6.07) is 13.4. The highest BCUT2D eigenvalue weighted by Gasteiger charge is 2.22. The Morgan fingerprint density at radius 2 is 1.79 bits per heavy atom. The molecule has 10 nitrogen and oxygen atoms in total. The van der Waals surface area contributed by atoms with Gasteiger partial charge in [-0.15, -0.1) is 0 Å². The fourth-order valence-electron chi connectivity index (χ4n) is 4.20. The zero-order valence-corrected chi connectivity index (χ0v) is 19.1.